The zero-order valence-corrected chi connectivity index (χ0v) is 15.2. The van der Waals surface area contributed by atoms with Crippen LogP contribution in [0.4, 0.5) is 19.4 Å². The van der Waals surface area contributed by atoms with Crippen LogP contribution in [0.25, 0.3) is 5.52 Å². The van der Waals surface area contributed by atoms with Gasteiger partial charge in [0.25, 0.3) is 5.92 Å². The Morgan fingerprint density at radius 3 is 2.72 bits per heavy atom. The van der Waals surface area contributed by atoms with Crippen molar-refractivity contribution in [3.05, 3.63) is 24.2 Å². The van der Waals surface area contributed by atoms with Gasteiger partial charge in [-0.2, -0.15) is 5.10 Å². The lowest BCUT2D eigenvalue weighted by molar-refractivity contribution is -0.162. The number of aliphatic hydroxyl groups is 2. The minimum Gasteiger partial charge on any atom is -0.430 e. The van der Waals surface area contributed by atoms with Crippen molar-refractivity contribution in [2.24, 2.45) is 0 Å². The van der Waals surface area contributed by atoms with E-state index in [1.807, 2.05) is 0 Å². The summed E-state index contributed by atoms with van der Waals surface area (Å²) in [4.78, 5) is 15.7. The SMILES string of the molecule is C[C@@]1(c2ccc3c(N)ncnn23)O[C@@H]2C(OC(=O)OC3CC(F)(F)C3)[C@]2(O)[C@H]1O. The lowest BCUT2D eigenvalue weighted by Gasteiger charge is -2.34. The average molecular weight is 412 g/mol. The Bertz CT molecular complexity index is 1010. The van der Waals surface area contributed by atoms with Gasteiger partial charge in [0.2, 0.25) is 0 Å². The van der Waals surface area contributed by atoms with Crippen LogP contribution in [-0.2, 0) is 19.8 Å². The maximum atomic E-state index is 12.8. The number of ether oxygens (including phenoxy) is 3. The quantitative estimate of drug-likeness (QED) is 0.609. The van der Waals surface area contributed by atoms with E-state index in [1.54, 1.807) is 19.1 Å². The summed E-state index contributed by atoms with van der Waals surface area (Å²) in [6, 6.07) is 3.29. The molecule has 0 bridgehead atoms. The van der Waals surface area contributed by atoms with Crippen molar-refractivity contribution < 1.29 is 38.0 Å². The third kappa shape index (κ3) is 2.45. The minimum absolute atomic E-state index is 0.233. The molecule has 3 heterocycles. The summed E-state index contributed by atoms with van der Waals surface area (Å²) in [5, 5.41) is 25.7. The molecule has 1 aliphatic heterocycles. The van der Waals surface area contributed by atoms with Crippen LogP contribution in [0.5, 0.6) is 0 Å². The summed E-state index contributed by atoms with van der Waals surface area (Å²) < 4.78 is 42.7. The van der Waals surface area contributed by atoms with Crippen LogP contribution in [0.2, 0.25) is 0 Å². The molecular formula is C17H18F2N4O6. The molecule has 2 aromatic rings. The number of carbonyl (C=O) groups excluding carboxylic acids is 1. The number of halogens is 2. The number of fused-ring (bicyclic) bond motifs is 2. The van der Waals surface area contributed by atoms with Crippen LogP contribution in [0.15, 0.2) is 18.5 Å². The van der Waals surface area contributed by atoms with Gasteiger partial charge in [-0.25, -0.2) is 23.1 Å². The molecule has 2 saturated carbocycles. The number of anilines is 1. The van der Waals surface area contributed by atoms with Gasteiger partial charge in [-0.15, -0.1) is 0 Å². The minimum atomic E-state index is -2.84. The Balaban J connectivity index is 1.30. The van der Waals surface area contributed by atoms with E-state index in [9.17, 15) is 23.8 Å². The lowest BCUT2D eigenvalue weighted by atomic mass is 9.91. The third-order valence-corrected chi connectivity index (χ3v) is 5.94. The van der Waals surface area contributed by atoms with Crippen LogP contribution in [0.3, 0.4) is 0 Å². The molecule has 4 N–H and O–H groups in total. The summed E-state index contributed by atoms with van der Waals surface area (Å²) in [7, 11) is 0. The first-order valence-corrected chi connectivity index (χ1v) is 8.98. The molecule has 2 aliphatic carbocycles. The summed E-state index contributed by atoms with van der Waals surface area (Å²) in [6.45, 7) is 1.56. The molecule has 0 radical (unpaired) electrons. The normalized spacial score (nSPS) is 37.8. The predicted molar refractivity (Wildman–Crippen MR) is 89.9 cm³/mol. The Morgan fingerprint density at radius 1 is 1.38 bits per heavy atom. The molecule has 0 amide bonds. The van der Waals surface area contributed by atoms with Crippen LogP contribution < -0.4 is 5.73 Å². The largest absolute Gasteiger partial charge is 0.509 e. The fourth-order valence-corrected chi connectivity index (χ4v) is 4.21. The van der Waals surface area contributed by atoms with E-state index in [1.165, 1.54) is 10.8 Å². The number of hydrogen-bond acceptors (Lipinski definition) is 9. The summed E-state index contributed by atoms with van der Waals surface area (Å²) in [6.07, 6.45) is -5.66. The number of hydrogen-bond donors (Lipinski definition) is 3. The van der Waals surface area contributed by atoms with Gasteiger partial charge in [0.1, 0.15) is 35.8 Å². The molecule has 1 unspecified atom stereocenters. The summed E-state index contributed by atoms with van der Waals surface area (Å²) in [5.74, 6) is -2.61. The molecule has 3 fully saturated rings. The number of rotatable bonds is 3. The number of nitrogens with two attached hydrogens (primary N) is 1. The number of aromatic nitrogens is 3. The summed E-state index contributed by atoms with van der Waals surface area (Å²) >= 11 is 0. The van der Waals surface area contributed by atoms with E-state index in [4.69, 9.17) is 19.9 Å². The standard InChI is InChI=1S/C17H18F2N4O6/c1-15(9-3-2-8-12(20)21-6-22-23(8)9)13(24)17(26)10(11(17)29-15)28-14(25)27-7-4-16(18,19)5-7/h2-3,6-7,10-11,13,24,26H,4-5H2,1H3,(H2,20,21,22)/t10?,11-,13+,15+,17-/m1/s1. The van der Waals surface area contributed by atoms with E-state index in [-0.39, 0.29) is 5.82 Å². The van der Waals surface area contributed by atoms with Crippen molar-refractivity contribution in [1.82, 2.24) is 14.6 Å². The number of alkyl halides is 2. The maximum absolute atomic E-state index is 12.8. The molecule has 10 nitrogen and oxygen atoms in total. The molecule has 5 atom stereocenters. The number of nitrogens with zero attached hydrogens (tertiary/aromatic N) is 3. The zero-order valence-electron chi connectivity index (χ0n) is 15.2. The predicted octanol–water partition coefficient (Wildman–Crippen LogP) is 0.351. The topological polar surface area (TPSA) is 141 Å². The first-order chi connectivity index (χ1) is 13.6. The van der Waals surface area contributed by atoms with Crippen LogP contribution in [0.1, 0.15) is 25.5 Å². The monoisotopic (exact) mass is 412 g/mol. The van der Waals surface area contributed by atoms with Crippen molar-refractivity contribution in [3.63, 3.8) is 0 Å². The maximum Gasteiger partial charge on any atom is 0.509 e. The lowest BCUT2D eigenvalue weighted by Crippen LogP contribution is -2.47. The van der Waals surface area contributed by atoms with Crippen molar-refractivity contribution in [2.75, 3.05) is 5.73 Å². The highest BCUT2D eigenvalue weighted by Gasteiger charge is 2.82. The Hall–Kier alpha value is -2.57. The third-order valence-electron chi connectivity index (χ3n) is 5.94. The van der Waals surface area contributed by atoms with Gasteiger partial charge >= 0.3 is 6.16 Å². The zero-order chi connectivity index (χ0) is 20.8. The van der Waals surface area contributed by atoms with E-state index in [2.05, 4.69) is 10.1 Å². The second kappa shape index (κ2) is 5.52. The van der Waals surface area contributed by atoms with Gasteiger partial charge in [-0.3, -0.25) is 0 Å². The van der Waals surface area contributed by atoms with E-state index >= 15 is 0 Å². The van der Waals surface area contributed by atoms with Crippen molar-refractivity contribution >= 4 is 17.5 Å². The van der Waals surface area contributed by atoms with Gasteiger partial charge in [0.15, 0.2) is 17.5 Å². The van der Waals surface area contributed by atoms with Gasteiger partial charge < -0.3 is 30.2 Å². The van der Waals surface area contributed by atoms with E-state index < -0.39 is 60.5 Å². The Morgan fingerprint density at radius 2 is 2.10 bits per heavy atom. The first kappa shape index (κ1) is 18.5. The highest BCUT2D eigenvalue weighted by atomic mass is 19.3. The van der Waals surface area contributed by atoms with E-state index in [0.29, 0.717) is 11.2 Å². The molecule has 3 aliphatic rings. The molecular weight excluding hydrogens is 394 g/mol. The first-order valence-electron chi connectivity index (χ1n) is 8.98. The fraction of sp³-hybridized carbons (Fsp3) is 0.588. The van der Waals surface area contributed by atoms with E-state index in [0.717, 1.165) is 0 Å². The van der Waals surface area contributed by atoms with Crippen LogP contribution in [0, 0.1) is 0 Å². The van der Waals surface area contributed by atoms with Crippen molar-refractivity contribution in [1.29, 1.82) is 0 Å². The molecule has 156 valence electrons. The fourth-order valence-electron chi connectivity index (χ4n) is 4.21. The number of aliphatic hydroxyl groups excluding tert-OH is 1. The summed E-state index contributed by atoms with van der Waals surface area (Å²) in [5.41, 5.74) is 3.51. The average Bonchev–Trinajstić information content (AvgIpc) is 2.95. The Labute approximate surface area is 162 Å². The van der Waals surface area contributed by atoms with Crippen LogP contribution >= 0.6 is 0 Å². The molecule has 5 rings (SSSR count). The van der Waals surface area contributed by atoms with Crippen LogP contribution in [-0.4, -0.2) is 66.9 Å². The van der Waals surface area contributed by atoms with Crippen molar-refractivity contribution in [2.45, 2.75) is 61.3 Å². The molecule has 2 aromatic heterocycles. The second-order valence-corrected chi connectivity index (χ2v) is 7.89. The number of carbonyl (C=O) groups is 1. The van der Waals surface area contributed by atoms with Gasteiger partial charge in [-0.05, 0) is 19.1 Å². The molecule has 0 aromatic carbocycles. The number of nitrogen functional groups attached to an aromatic ring is 1. The highest BCUT2D eigenvalue weighted by Crippen LogP contribution is 2.59. The van der Waals surface area contributed by atoms with Gasteiger partial charge in [0.05, 0.1) is 5.69 Å². The molecule has 1 saturated heterocycles. The molecule has 29 heavy (non-hydrogen) atoms. The molecule has 12 heteroatoms. The van der Waals surface area contributed by atoms with Crippen molar-refractivity contribution in [3.8, 4) is 0 Å². The molecule has 0 spiro atoms. The smallest absolute Gasteiger partial charge is 0.430 e. The highest BCUT2D eigenvalue weighted by molar-refractivity contribution is 5.66. The van der Waals surface area contributed by atoms with Gasteiger partial charge in [-0.1, -0.05) is 0 Å². The van der Waals surface area contributed by atoms with Gasteiger partial charge in [0, 0.05) is 12.8 Å². The second-order valence-electron chi connectivity index (χ2n) is 7.89. The Kier molecular flexibility index (Phi) is 3.51.